The highest BCUT2D eigenvalue weighted by Gasteiger charge is 2.30. The fourth-order valence-electron chi connectivity index (χ4n) is 3.63. The number of benzene rings is 4. The maximum atomic E-state index is 13.0. The molecule has 0 saturated carbocycles. The van der Waals surface area contributed by atoms with E-state index in [1.54, 1.807) is 12.1 Å². The summed E-state index contributed by atoms with van der Waals surface area (Å²) in [5.41, 5.74) is 4.01. The fourth-order valence-corrected chi connectivity index (χ4v) is 3.63. The third-order valence-corrected chi connectivity index (χ3v) is 5.27. The molecule has 32 heavy (non-hydrogen) atoms. The van der Waals surface area contributed by atoms with E-state index in [-0.39, 0.29) is 6.04 Å². The van der Waals surface area contributed by atoms with Gasteiger partial charge in [0, 0.05) is 11.1 Å². The molecule has 0 heterocycles. The minimum Gasteiger partial charge on any atom is -0.276 e. The molecule has 4 heteroatoms. The van der Waals surface area contributed by atoms with Gasteiger partial charge >= 0.3 is 6.18 Å². The Bertz CT molecular complexity index is 1110. The smallest absolute Gasteiger partial charge is 0.276 e. The number of aliphatic imine (C=N–C) groups is 1. The molecule has 0 aromatic heterocycles. The summed E-state index contributed by atoms with van der Waals surface area (Å²) in [6, 6.07) is 34.9. The van der Waals surface area contributed by atoms with Gasteiger partial charge in [-0.15, -0.1) is 0 Å². The summed E-state index contributed by atoms with van der Waals surface area (Å²) in [6.45, 7) is 0. The van der Waals surface area contributed by atoms with Crippen molar-refractivity contribution in [3.8, 4) is 0 Å². The van der Waals surface area contributed by atoms with Gasteiger partial charge in [0.25, 0.3) is 0 Å². The van der Waals surface area contributed by atoms with Crippen LogP contribution in [-0.2, 0) is 12.6 Å². The quantitative estimate of drug-likeness (QED) is 0.281. The standard InChI is InChI=1S/C28H22F3N/c29-28(30,31)25-18-16-21(17-19-25)20-26(22-10-4-1-5-11-22)32-27(23-12-6-2-7-13-23)24-14-8-3-9-15-24/h1-19,26H,20H2. The summed E-state index contributed by atoms with van der Waals surface area (Å²) in [6.07, 6.45) is -3.85. The van der Waals surface area contributed by atoms with Crippen LogP contribution in [0.3, 0.4) is 0 Å². The van der Waals surface area contributed by atoms with Gasteiger partial charge in [0.1, 0.15) is 0 Å². The SMILES string of the molecule is FC(F)(F)c1ccc(CC(N=C(c2ccccc2)c2ccccc2)c2ccccc2)cc1. The third kappa shape index (κ3) is 5.33. The largest absolute Gasteiger partial charge is 0.416 e. The van der Waals surface area contributed by atoms with E-state index >= 15 is 0 Å². The molecule has 160 valence electrons. The number of rotatable bonds is 6. The van der Waals surface area contributed by atoms with Crippen molar-refractivity contribution in [3.05, 3.63) is 143 Å². The zero-order valence-electron chi connectivity index (χ0n) is 17.3. The monoisotopic (exact) mass is 429 g/mol. The zero-order valence-corrected chi connectivity index (χ0v) is 17.3. The van der Waals surface area contributed by atoms with E-state index in [1.165, 1.54) is 0 Å². The van der Waals surface area contributed by atoms with Crippen molar-refractivity contribution < 1.29 is 13.2 Å². The summed E-state index contributed by atoms with van der Waals surface area (Å²) >= 11 is 0. The molecule has 0 N–H and O–H groups in total. The lowest BCUT2D eigenvalue weighted by atomic mass is 9.96. The van der Waals surface area contributed by atoms with Crippen molar-refractivity contribution in [1.82, 2.24) is 0 Å². The van der Waals surface area contributed by atoms with Gasteiger partial charge < -0.3 is 0 Å². The summed E-state index contributed by atoms with van der Waals surface area (Å²) in [4.78, 5) is 5.15. The molecule has 0 radical (unpaired) electrons. The van der Waals surface area contributed by atoms with Crippen LogP contribution in [0.1, 0.15) is 33.9 Å². The molecular formula is C28H22F3N. The number of hydrogen-bond donors (Lipinski definition) is 0. The van der Waals surface area contributed by atoms with Crippen molar-refractivity contribution in [2.45, 2.75) is 18.6 Å². The van der Waals surface area contributed by atoms with Gasteiger partial charge in [0.2, 0.25) is 0 Å². The Morgan fingerprint density at radius 2 is 1.09 bits per heavy atom. The molecular weight excluding hydrogens is 407 g/mol. The summed E-state index contributed by atoms with van der Waals surface area (Å²) in [5, 5.41) is 0. The average Bonchev–Trinajstić information content (AvgIpc) is 2.83. The van der Waals surface area contributed by atoms with Crippen LogP contribution in [0, 0.1) is 0 Å². The highest BCUT2D eigenvalue weighted by Crippen LogP contribution is 2.31. The lowest BCUT2D eigenvalue weighted by molar-refractivity contribution is -0.137. The molecule has 1 atom stereocenters. The van der Waals surface area contributed by atoms with Crippen molar-refractivity contribution in [2.24, 2.45) is 4.99 Å². The Balaban J connectivity index is 1.76. The number of alkyl halides is 3. The Kier molecular flexibility index (Phi) is 6.50. The van der Waals surface area contributed by atoms with E-state index in [1.807, 2.05) is 91.0 Å². The first-order valence-corrected chi connectivity index (χ1v) is 10.4. The van der Waals surface area contributed by atoms with Crippen LogP contribution in [0.5, 0.6) is 0 Å². The van der Waals surface area contributed by atoms with E-state index in [0.717, 1.165) is 40.1 Å². The molecule has 4 rings (SSSR count). The van der Waals surface area contributed by atoms with Crippen molar-refractivity contribution in [1.29, 1.82) is 0 Å². The molecule has 0 fully saturated rings. The Labute approximate surface area is 185 Å². The minimum absolute atomic E-state index is 0.247. The second-order valence-electron chi connectivity index (χ2n) is 7.54. The van der Waals surface area contributed by atoms with Gasteiger partial charge in [-0.3, -0.25) is 4.99 Å². The molecule has 0 aliphatic heterocycles. The molecule has 0 saturated heterocycles. The van der Waals surface area contributed by atoms with Crippen molar-refractivity contribution in [3.63, 3.8) is 0 Å². The van der Waals surface area contributed by atoms with E-state index in [9.17, 15) is 13.2 Å². The lowest BCUT2D eigenvalue weighted by Gasteiger charge is -2.17. The lowest BCUT2D eigenvalue weighted by Crippen LogP contribution is -2.09. The van der Waals surface area contributed by atoms with Crippen LogP contribution in [0.4, 0.5) is 13.2 Å². The molecule has 0 amide bonds. The van der Waals surface area contributed by atoms with Gasteiger partial charge in [0.15, 0.2) is 0 Å². The van der Waals surface area contributed by atoms with E-state index in [0.29, 0.717) is 6.42 Å². The predicted molar refractivity (Wildman–Crippen MR) is 123 cm³/mol. The molecule has 4 aromatic rings. The maximum Gasteiger partial charge on any atom is 0.416 e. The van der Waals surface area contributed by atoms with Crippen LogP contribution in [0.2, 0.25) is 0 Å². The Morgan fingerprint density at radius 3 is 1.56 bits per heavy atom. The number of halogens is 3. The van der Waals surface area contributed by atoms with Gasteiger partial charge in [0.05, 0.1) is 17.3 Å². The molecule has 1 nitrogen and oxygen atoms in total. The minimum atomic E-state index is -4.34. The maximum absolute atomic E-state index is 13.0. The molecule has 0 aliphatic carbocycles. The van der Waals surface area contributed by atoms with Gasteiger partial charge in [-0.25, -0.2) is 0 Å². The fraction of sp³-hybridized carbons (Fsp3) is 0.107. The third-order valence-electron chi connectivity index (χ3n) is 5.27. The van der Waals surface area contributed by atoms with Crippen LogP contribution < -0.4 is 0 Å². The molecule has 0 bridgehead atoms. The average molecular weight is 429 g/mol. The predicted octanol–water partition coefficient (Wildman–Crippen LogP) is 7.53. The first kappa shape index (κ1) is 21.6. The van der Waals surface area contributed by atoms with Crippen LogP contribution in [-0.4, -0.2) is 5.71 Å². The molecule has 0 spiro atoms. The summed E-state index contributed by atoms with van der Waals surface area (Å²) < 4.78 is 38.9. The van der Waals surface area contributed by atoms with Crippen LogP contribution in [0.25, 0.3) is 0 Å². The Hall–Kier alpha value is -3.66. The first-order valence-electron chi connectivity index (χ1n) is 10.4. The van der Waals surface area contributed by atoms with E-state index < -0.39 is 11.7 Å². The van der Waals surface area contributed by atoms with Crippen molar-refractivity contribution in [2.75, 3.05) is 0 Å². The zero-order chi connectivity index (χ0) is 22.4. The summed E-state index contributed by atoms with van der Waals surface area (Å²) in [5.74, 6) is 0. The topological polar surface area (TPSA) is 12.4 Å². The highest BCUT2D eigenvalue weighted by atomic mass is 19.4. The molecule has 1 unspecified atom stereocenters. The van der Waals surface area contributed by atoms with Crippen LogP contribution in [0.15, 0.2) is 120 Å². The first-order chi connectivity index (χ1) is 15.5. The molecule has 4 aromatic carbocycles. The van der Waals surface area contributed by atoms with E-state index in [2.05, 4.69) is 0 Å². The highest BCUT2D eigenvalue weighted by molar-refractivity contribution is 6.13. The van der Waals surface area contributed by atoms with Gasteiger partial charge in [-0.1, -0.05) is 103 Å². The van der Waals surface area contributed by atoms with E-state index in [4.69, 9.17) is 4.99 Å². The summed E-state index contributed by atoms with van der Waals surface area (Å²) in [7, 11) is 0. The Morgan fingerprint density at radius 1 is 0.625 bits per heavy atom. The van der Waals surface area contributed by atoms with Crippen LogP contribution >= 0.6 is 0 Å². The normalized spacial score (nSPS) is 12.2. The molecule has 0 aliphatic rings. The van der Waals surface area contributed by atoms with Gasteiger partial charge in [-0.05, 0) is 29.7 Å². The van der Waals surface area contributed by atoms with Crippen molar-refractivity contribution >= 4 is 5.71 Å². The number of hydrogen-bond acceptors (Lipinski definition) is 1. The van der Waals surface area contributed by atoms with Gasteiger partial charge in [-0.2, -0.15) is 13.2 Å². The second-order valence-corrected chi connectivity index (χ2v) is 7.54. The second kappa shape index (κ2) is 9.65. The number of nitrogens with zero attached hydrogens (tertiary/aromatic N) is 1.